The number of carbonyl (C=O) groups is 1. The van der Waals surface area contributed by atoms with Gasteiger partial charge in [-0.25, -0.2) is 12.7 Å². The lowest BCUT2D eigenvalue weighted by Crippen LogP contribution is -2.36. The third-order valence-electron chi connectivity index (χ3n) is 3.69. The first kappa shape index (κ1) is 19.6. The number of hydrogen-bond donors (Lipinski definition) is 0. The molecular formula is C17H28N2O3S. The van der Waals surface area contributed by atoms with Crippen LogP contribution in [0.1, 0.15) is 32.3 Å². The van der Waals surface area contributed by atoms with Crippen LogP contribution >= 0.6 is 0 Å². The maximum atomic E-state index is 12.2. The van der Waals surface area contributed by atoms with Gasteiger partial charge < -0.3 is 4.90 Å². The van der Waals surface area contributed by atoms with Crippen LogP contribution in [-0.2, 0) is 21.4 Å². The second-order valence-corrected chi connectivity index (χ2v) is 8.31. The standard InChI is InChI=1S/C17H28N2O3S/c1-15(2)10-12-19(23(4,21)22)13-11-17(20)18(3)14-16-8-6-5-7-9-16/h5-9,15H,10-14H2,1-4H3. The molecule has 0 atom stereocenters. The van der Waals surface area contributed by atoms with Crippen LogP contribution in [0.15, 0.2) is 30.3 Å². The molecule has 0 aromatic heterocycles. The van der Waals surface area contributed by atoms with Crippen LogP contribution in [0.4, 0.5) is 0 Å². The summed E-state index contributed by atoms with van der Waals surface area (Å²) in [5.74, 6) is 0.378. The third kappa shape index (κ3) is 7.61. The Hall–Kier alpha value is -1.40. The van der Waals surface area contributed by atoms with E-state index in [-0.39, 0.29) is 18.9 Å². The average Bonchev–Trinajstić information content (AvgIpc) is 2.46. The minimum absolute atomic E-state index is 0.0490. The first-order chi connectivity index (χ1) is 10.7. The molecule has 6 heteroatoms. The number of nitrogens with zero attached hydrogens (tertiary/aromatic N) is 2. The van der Waals surface area contributed by atoms with E-state index in [0.717, 1.165) is 12.0 Å². The summed E-state index contributed by atoms with van der Waals surface area (Å²) in [5.41, 5.74) is 1.06. The van der Waals surface area contributed by atoms with Crippen molar-refractivity contribution >= 4 is 15.9 Å². The van der Waals surface area contributed by atoms with Gasteiger partial charge in [0.15, 0.2) is 0 Å². The van der Waals surface area contributed by atoms with Gasteiger partial charge in [0.2, 0.25) is 15.9 Å². The molecule has 0 radical (unpaired) electrons. The molecule has 0 N–H and O–H groups in total. The molecule has 0 saturated carbocycles. The summed E-state index contributed by atoms with van der Waals surface area (Å²) in [4.78, 5) is 13.9. The minimum atomic E-state index is -3.28. The van der Waals surface area contributed by atoms with Gasteiger partial charge >= 0.3 is 0 Å². The van der Waals surface area contributed by atoms with Gasteiger partial charge in [0.25, 0.3) is 0 Å². The lowest BCUT2D eigenvalue weighted by molar-refractivity contribution is -0.130. The van der Waals surface area contributed by atoms with Crippen molar-refractivity contribution in [3.63, 3.8) is 0 Å². The largest absolute Gasteiger partial charge is 0.341 e. The summed E-state index contributed by atoms with van der Waals surface area (Å²) in [6.07, 6.45) is 2.20. The number of amides is 1. The monoisotopic (exact) mass is 340 g/mol. The van der Waals surface area contributed by atoms with E-state index in [0.29, 0.717) is 19.0 Å². The second-order valence-electron chi connectivity index (χ2n) is 6.33. The highest BCUT2D eigenvalue weighted by atomic mass is 32.2. The van der Waals surface area contributed by atoms with Crippen molar-refractivity contribution in [1.29, 1.82) is 0 Å². The van der Waals surface area contributed by atoms with E-state index in [1.165, 1.54) is 10.6 Å². The third-order valence-corrected chi connectivity index (χ3v) is 4.99. The fraction of sp³-hybridized carbons (Fsp3) is 0.588. The van der Waals surface area contributed by atoms with E-state index in [9.17, 15) is 13.2 Å². The minimum Gasteiger partial charge on any atom is -0.341 e. The molecule has 1 amide bonds. The van der Waals surface area contributed by atoms with E-state index in [1.807, 2.05) is 30.3 Å². The summed E-state index contributed by atoms with van der Waals surface area (Å²) in [6.45, 7) is 5.35. The van der Waals surface area contributed by atoms with Gasteiger partial charge in [-0.3, -0.25) is 4.79 Å². The number of carbonyl (C=O) groups excluding carboxylic acids is 1. The van der Waals surface area contributed by atoms with Crippen LogP contribution in [0.25, 0.3) is 0 Å². The second kappa shape index (κ2) is 9.03. The molecule has 23 heavy (non-hydrogen) atoms. The molecule has 0 unspecified atom stereocenters. The number of hydrogen-bond acceptors (Lipinski definition) is 3. The van der Waals surface area contributed by atoms with E-state index in [1.54, 1.807) is 11.9 Å². The normalized spacial score (nSPS) is 11.9. The predicted molar refractivity (Wildman–Crippen MR) is 93.4 cm³/mol. The fourth-order valence-electron chi connectivity index (χ4n) is 2.20. The zero-order valence-electron chi connectivity index (χ0n) is 14.5. The Morgan fingerprint density at radius 2 is 1.74 bits per heavy atom. The lowest BCUT2D eigenvalue weighted by Gasteiger charge is -2.23. The van der Waals surface area contributed by atoms with Gasteiger partial charge in [-0.05, 0) is 17.9 Å². The smallest absolute Gasteiger partial charge is 0.223 e. The molecule has 1 rings (SSSR count). The molecule has 1 aromatic rings. The van der Waals surface area contributed by atoms with Crippen molar-refractivity contribution in [1.82, 2.24) is 9.21 Å². The molecule has 0 aliphatic carbocycles. The molecule has 0 heterocycles. The van der Waals surface area contributed by atoms with Crippen molar-refractivity contribution in [3.8, 4) is 0 Å². The molecule has 0 fully saturated rings. The van der Waals surface area contributed by atoms with Crippen molar-refractivity contribution in [2.45, 2.75) is 33.2 Å². The maximum absolute atomic E-state index is 12.2. The predicted octanol–water partition coefficient (Wildman–Crippen LogP) is 2.34. The average molecular weight is 340 g/mol. The number of sulfonamides is 1. The highest BCUT2D eigenvalue weighted by molar-refractivity contribution is 7.88. The Balaban J connectivity index is 2.54. The van der Waals surface area contributed by atoms with Crippen molar-refractivity contribution in [2.75, 3.05) is 26.4 Å². The molecule has 1 aromatic carbocycles. The Morgan fingerprint density at radius 3 is 2.26 bits per heavy atom. The molecule has 0 bridgehead atoms. The van der Waals surface area contributed by atoms with Crippen LogP contribution in [0.5, 0.6) is 0 Å². The molecule has 5 nitrogen and oxygen atoms in total. The highest BCUT2D eigenvalue weighted by Gasteiger charge is 2.19. The summed E-state index contributed by atoms with van der Waals surface area (Å²) >= 11 is 0. The van der Waals surface area contributed by atoms with Gasteiger partial charge in [-0.1, -0.05) is 44.2 Å². The van der Waals surface area contributed by atoms with Gasteiger partial charge in [-0.2, -0.15) is 0 Å². The number of rotatable bonds is 9. The van der Waals surface area contributed by atoms with Gasteiger partial charge in [0.05, 0.1) is 6.26 Å². The Bertz CT molecular complexity index is 585. The lowest BCUT2D eigenvalue weighted by atomic mass is 10.1. The quantitative estimate of drug-likeness (QED) is 0.693. The van der Waals surface area contributed by atoms with Crippen LogP contribution in [0.3, 0.4) is 0 Å². The molecule has 0 saturated heterocycles. The molecule has 0 aliphatic heterocycles. The summed E-state index contributed by atoms with van der Waals surface area (Å²) in [7, 11) is -1.53. The van der Waals surface area contributed by atoms with Crippen LogP contribution < -0.4 is 0 Å². The summed E-state index contributed by atoms with van der Waals surface area (Å²) in [6, 6.07) is 9.74. The molecular weight excluding hydrogens is 312 g/mol. The van der Waals surface area contributed by atoms with E-state index in [4.69, 9.17) is 0 Å². The molecule has 0 spiro atoms. The highest BCUT2D eigenvalue weighted by Crippen LogP contribution is 2.09. The van der Waals surface area contributed by atoms with Crippen molar-refractivity contribution < 1.29 is 13.2 Å². The first-order valence-electron chi connectivity index (χ1n) is 7.93. The Morgan fingerprint density at radius 1 is 1.13 bits per heavy atom. The van der Waals surface area contributed by atoms with Gasteiger partial charge in [0, 0.05) is 33.1 Å². The van der Waals surface area contributed by atoms with Crippen LogP contribution in [0, 0.1) is 5.92 Å². The van der Waals surface area contributed by atoms with E-state index < -0.39 is 10.0 Å². The number of benzene rings is 1. The zero-order valence-corrected chi connectivity index (χ0v) is 15.3. The fourth-order valence-corrected chi connectivity index (χ4v) is 3.06. The maximum Gasteiger partial charge on any atom is 0.223 e. The van der Waals surface area contributed by atoms with Crippen molar-refractivity contribution in [2.24, 2.45) is 5.92 Å². The van der Waals surface area contributed by atoms with E-state index in [2.05, 4.69) is 13.8 Å². The topological polar surface area (TPSA) is 57.7 Å². The first-order valence-corrected chi connectivity index (χ1v) is 9.78. The van der Waals surface area contributed by atoms with Crippen LogP contribution in [-0.4, -0.2) is 49.9 Å². The summed E-state index contributed by atoms with van der Waals surface area (Å²) < 4.78 is 25.0. The van der Waals surface area contributed by atoms with Gasteiger partial charge in [-0.15, -0.1) is 0 Å². The Labute approximate surface area is 140 Å². The summed E-state index contributed by atoms with van der Waals surface area (Å²) in [5, 5.41) is 0. The van der Waals surface area contributed by atoms with E-state index >= 15 is 0 Å². The van der Waals surface area contributed by atoms with Crippen LogP contribution in [0.2, 0.25) is 0 Å². The van der Waals surface area contributed by atoms with Gasteiger partial charge in [0.1, 0.15) is 0 Å². The zero-order chi connectivity index (χ0) is 17.5. The van der Waals surface area contributed by atoms with Crippen molar-refractivity contribution in [3.05, 3.63) is 35.9 Å². The molecule has 0 aliphatic rings. The molecule has 130 valence electrons. The SMILES string of the molecule is CC(C)CCN(CCC(=O)N(C)Cc1ccccc1)S(C)(=O)=O. The Kier molecular flexibility index (Phi) is 7.72.